The minimum atomic E-state index is -0.445. The lowest BCUT2D eigenvalue weighted by atomic mass is 9.74. The summed E-state index contributed by atoms with van der Waals surface area (Å²) in [5.74, 6) is 3.37. The molecule has 118 valence electrons. The van der Waals surface area contributed by atoms with Gasteiger partial charge in [0.05, 0.1) is 20.3 Å². The van der Waals surface area contributed by atoms with Crippen LogP contribution in [0.25, 0.3) is 0 Å². The minimum absolute atomic E-state index is 0.335. The van der Waals surface area contributed by atoms with E-state index < -0.39 is 6.10 Å². The second kappa shape index (κ2) is 7.17. The standard InChI is InChI=1S/C18H28O3/c1-12(2)13-5-7-14(8-6-13)18(19)16-10-9-15(20-3)11-17(16)21-4/h9-14,18-19H,5-8H2,1-4H3. The number of benzene rings is 1. The van der Waals surface area contributed by atoms with Crippen molar-refractivity contribution in [2.45, 2.75) is 45.6 Å². The number of aliphatic hydroxyl groups is 1. The lowest BCUT2D eigenvalue weighted by Crippen LogP contribution is -2.23. The van der Waals surface area contributed by atoms with Crippen LogP contribution >= 0.6 is 0 Å². The average molecular weight is 292 g/mol. The topological polar surface area (TPSA) is 38.7 Å². The minimum Gasteiger partial charge on any atom is -0.497 e. The summed E-state index contributed by atoms with van der Waals surface area (Å²) < 4.78 is 10.6. The van der Waals surface area contributed by atoms with Crippen molar-refractivity contribution in [2.24, 2.45) is 17.8 Å². The molecule has 21 heavy (non-hydrogen) atoms. The van der Waals surface area contributed by atoms with E-state index in [4.69, 9.17) is 9.47 Å². The summed E-state index contributed by atoms with van der Waals surface area (Å²) in [5, 5.41) is 10.7. The molecule has 1 saturated carbocycles. The summed E-state index contributed by atoms with van der Waals surface area (Å²) in [6, 6.07) is 5.66. The monoisotopic (exact) mass is 292 g/mol. The molecule has 0 saturated heterocycles. The summed E-state index contributed by atoms with van der Waals surface area (Å²) >= 11 is 0. The fraction of sp³-hybridized carbons (Fsp3) is 0.667. The van der Waals surface area contributed by atoms with Crippen LogP contribution in [0.4, 0.5) is 0 Å². The van der Waals surface area contributed by atoms with E-state index in [0.717, 1.165) is 36.0 Å². The maximum atomic E-state index is 10.7. The largest absolute Gasteiger partial charge is 0.497 e. The molecule has 3 nitrogen and oxygen atoms in total. The van der Waals surface area contributed by atoms with Crippen LogP contribution in [0.5, 0.6) is 11.5 Å². The molecule has 0 aliphatic heterocycles. The maximum Gasteiger partial charge on any atom is 0.128 e. The van der Waals surface area contributed by atoms with E-state index in [-0.39, 0.29) is 0 Å². The Hall–Kier alpha value is -1.22. The molecule has 1 aromatic rings. The second-order valence-electron chi connectivity index (χ2n) is 6.47. The Morgan fingerprint density at radius 2 is 1.62 bits per heavy atom. The average Bonchev–Trinajstić information content (AvgIpc) is 2.53. The SMILES string of the molecule is COc1ccc(C(O)C2CCC(C(C)C)CC2)c(OC)c1. The van der Waals surface area contributed by atoms with Crippen LogP contribution in [0.3, 0.4) is 0 Å². The van der Waals surface area contributed by atoms with E-state index in [1.807, 2.05) is 18.2 Å². The van der Waals surface area contributed by atoms with Crippen molar-refractivity contribution < 1.29 is 14.6 Å². The van der Waals surface area contributed by atoms with Crippen LogP contribution < -0.4 is 9.47 Å². The first kappa shape index (κ1) is 16.2. The highest BCUT2D eigenvalue weighted by molar-refractivity contribution is 5.42. The third-order valence-electron chi connectivity index (χ3n) is 4.97. The van der Waals surface area contributed by atoms with Crippen molar-refractivity contribution in [1.82, 2.24) is 0 Å². The highest BCUT2D eigenvalue weighted by Crippen LogP contribution is 2.42. The predicted molar refractivity (Wildman–Crippen MR) is 84.8 cm³/mol. The molecule has 1 fully saturated rings. The molecule has 1 atom stereocenters. The van der Waals surface area contributed by atoms with Crippen molar-refractivity contribution in [2.75, 3.05) is 14.2 Å². The van der Waals surface area contributed by atoms with Crippen LogP contribution in [-0.4, -0.2) is 19.3 Å². The Morgan fingerprint density at radius 3 is 2.14 bits per heavy atom. The Morgan fingerprint density at radius 1 is 1.00 bits per heavy atom. The van der Waals surface area contributed by atoms with Crippen molar-refractivity contribution in [3.8, 4) is 11.5 Å². The van der Waals surface area contributed by atoms with Gasteiger partial charge >= 0.3 is 0 Å². The molecule has 1 aliphatic rings. The van der Waals surface area contributed by atoms with E-state index >= 15 is 0 Å². The third kappa shape index (κ3) is 3.70. The van der Waals surface area contributed by atoms with Gasteiger partial charge in [0.1, 0.15) is 11.5 Å². The van der Waals surface area contributed by atoms with Gasteiger partial charge in [0.2, 0.25) is 0 Å². The molecular weight excluding hydrogens is 264 g/mol. The number of hydrogen-bond acceptors (Lipinski definition) is 3. The van der Waals surface area contributed by atoms with Crippen LogP contribution in [-0.2, 0) is 0 Å². The van der Waals surface area contributed by atoms with Crippen molar-refractivity contribution >= 4 is 0 Å². The molecule has 3 heteroatoms. The molecule has 0 amide bonds. The molecule has 1 N–H and O–H groups in total. The first-order chi connectivity index (χ1) is 10.1. The molecular formula is C18H28O3. The quantitative estimate of drug-likeness (QED) is 0.884. The van der Waals surface area contributed by atoms with E-state index in [9.17, 15) is 5.11 Å². The van der Waals surface area contributed by atoms with E-state index in [0.29, 0.717) is 11.7 Å². The van der Waals surface area contributed by atoms with Gasteiger partial charge in [0.15, 0.2) is 0 Å². The van der Waals surface area contributed by atoms with Crippen molar-refractivity contribution in [3.05, 3.63) is 23.8 Å². The molecule has 0 heterocycles. The number of ether oxygens (including phenoxy) is 2. The maximum absolute atomic E-state index is 10.7. The van der Waals surface area contributed by atoms with Crippen molar-refractivity contribution in [1.29, 1.82) is 0 Å². The molecule has 0 radical (unpaired) electrons. The molecule has 2 rings (SSSR count). The van der Waals surface area contributed by atoms with E-state index in [2.05, 4.69) is 13.8 Å². The zero-order valence-corrected chi connectivity index (χ0v) is 13.6. The van der Waals surface area contributed by atoms with E-state index in [1.54, 1.807) is 14.2 Å². The summed E-state index contributed by atoms with van der Waals surface area (Å²) in [5.41, 5.74) is 0.881. The van der Waals surface area contributed by atoms with Crippen molar-refractivity contribution in [3.63, 3.8) is 0 Å². The van der Waals surface area contributed by atoms with Gasteiger partial charge in [-0.25, -0.2) is 0 Å². The lowest BCUT2D eigenvalue weighted by molar-refractivity contribution is 0.0648. The first-order valence-electron chi connectivity index (χ1n) is 7.96. The van der Waals surface area contributed by atoms with Crippen LogP contribution in [0.2, 0.25) is 0 Å². The molecule has 1 aromatic carbocycles. The van der Waals surface area contributed by atoms with Gasteiger partial charge in [-0.1, -0.05) is 13.8 Å². The van der Waals surface area contributed by atoms with Gasteiger partial charge in [0.25, 0.3) is 0 Å². The first-order valence-corrected chi connectivity index (χ1v) is 7.96. The van der Waals surface area contributed by atoms with Gasteiger partial charge in [-0.05, 0) is 55.6 Å². The molecule has 0 spiro atoms. The second-order valence-corrected chi connectivity index (χ2v) is 6.47. The van der Waals surface area contributed by atoms with Crippen LogP contribution in [0.1, 0.15) is 51.2 Å². The summed E-state index contributed by atoms with van der Waals surface area (Å²) in [4.78, 5) is 0. The molecule has 1 unspecified atom stereocenters. The normalized spacial score (nSPS) is 23.9. The van der Waals surface area contributed by atoms with Crippen LogP contribution in [0, 0.1) is 17.8 Å². The zero-order valence-electron chi connectivity index (χ0n) is 13.6. The highest BCUT2D eigenvalue weighted by atomic mass is 16.5. The summed E-state index contributed by atoms with van der Waals surface area (Å²) in [6.07, 6.45) is 4.19. The Kier molecular flexibility index (Phi) is 5.51. The number of aliphatic hydroxyl groups excluding tert-OH is 1. The Bertz CT molecular complexity index is 448. The predicted octanol–water partition coefficient (Wildman–Crippen LogP) is 4.20. The zero-order chi connectivity index (χ0) is 15.4. The van der Waals surface area contributed by atoms with Gasteiger partial charge in [-0.15, -0.1) is 0 Å². The molecule has 1 aliphatic carbocycles. The third-order valence-corrected chi connectivity index (χ3v) is 4.97. The number of methoxy groups -OCH3 is 2. The fourth-order valence-corrected chi connectivity index (χ4v) is 3.44. The number of rotatable bonds is 5. The van der Waals surface area contributed by atoms with Gasteiger partial charge in [-0.2, -0.15) is 0 Å². The lowest BCUT2D eigenvalue weighted by Gasteiger charge is -2.33. The Balaban J connectivity index is 2.08. The van der Waals surface area contributed by atoms with Gasteiger partial charge in [0, 0.05) is 11.6 Å². The van der Waals surface area contributed by atoms with E-state index in [1.165, 1.54) is 12.8 Å². The Labute approximate surface area is 128 Å². The smallest absolute Gasteiger partial charge is 0.128 e. The molecule has 0 bridgehead atoms. The van der Waals surface area contributed by atoms with Gasteiger partial charge < -0.3 is 14.6 Å². The van der Waals surface area contributed by atoms with Crippen LogP contribution in [0.15, 0.2) is 18.2 Å². The highest BCUT2D eigenvalue weighted by Gasteiger charge is 2.30. The number of hydrogen-bond donors (Lipinski definition) is 1. The molecule has 0 aromatic heterocycles. The van der Waals surface area contributed by atoms with Gasteiger partial charge in [-0.3, -0.25) is 0 Å². The summed E-state index contributed by atoms with van der Waals surface area (Å²) in [6.45, 7) is 4.60. The summed E-state index contributed by atoms with van der Waals surface area (Å²) in [7, 11) is 3.28. The fourth-order valence-electron chi connectivity index (χ4n) is 3.44.